The molecule has 0 bridgehead atoms. The molecule has 4 rings (SSSR count). The number of hydrogen-bond donors (Lipinski definition) is 2. The molecule has 0 radical (unpaired) electrons. The fraction of sp³-hybridized carbons (Fsp3) is 0.444. The van der Waals surface area contributed by atoms with E-state index in [9.17, 15) is 9.59 Å². The van der Waals surface area contributed by atoms with E-state index in [1.807, 2.05) is 49.4 Å². The first-order chi connectivity index (χ1) is 22.6. The number of nitrogens with one attached hydrogen (secondary N) is 1. The van der Waals surface area contributed by atoms with Crippen LogP contribution in [0.4, 0.5) is 17.1 Å². The van der Waals surface area contributed by atoms with E-state index in [0.29, 0.717) is 47.0 Å². The molecule has 3 aromatic carbocycles. The number of hydrogen-bond acceptors (Lipinski definition) is 8. The first-order valence-electron chi connectivity index (χ1n) is 16.2. The lowest BCUT2D eigenvalue weighted by Crippen LogP contribution is -2.36. The van der Waals surface area contributed by atoms with Crippen LogP contribution in [-0.2, 0) is 20.8 Å². The normalized spacial score (nSPS) is 12.7. The van der Waals surface area contributed by atoms with Crippen molar-refractivity contribution in [2.75, 3.05) is 50.4 Å². The van der Waals surface area contributed by atoms with Crippen molar-refractivity contribution in [2.45, 2.75) is 65.5 Å². The SMILES string of the molecule is CCN(CCOC(C)=O)CCOC(=O)c1cc(Br)c(N)c(CN(CC)C2CCCCC2)c1.Cl.Cl.Clc1cccc(Cl)c1Nc1ccccc1. The Balaban J connectivity index is 0.000000591. The van der Waals surface area contributed by atoms with Gasteiger partial charge in [-0.05, 0) is 83.8 Å². The molecular formula is C36H49BrCl4N4O4. The third-order valence-electron chi connectivity index (χ3n) is 8.13. The van der Waals surface area contributed by atoms with Gasteiger partial charge in [0.05, 0.1) is 27.0 Å². The first-order valence-corrected chi connectivity index (χ1v) is 17.8. The number of para-hydroxylation sites is 2. The fourth-order valence-corrected chi connectivity index (χ4v) is 6.46. The van der Waals surface area contributed by atoms with Crippen molar-refractivity contribution >= 4 is 92.9 Å². The molecule has 1 aliphatic rings. The minimum atomic E-state index is -0.358. The molecule has 1 saturated carbocycles. The van der Waals surface area contributed by atoms with Gasteiger partial charge < -0.3 is 20.5 Å². The van der Waals surface area contributed by atoms with Gasteiger partial charge >= 0.3 is 11.9 Å². The summed E-state index contributed by atoms with van der Waals surface area (Å²) in [6, 6.07) is 19.4. The van der Waals surface area contributed by atoms with Crippen molar-refractivity contribution in [3.63, 3.8) is 0 Å². The second-order valence-electron chi connectivity index (χ2n) is 11.4. The number of rotatable bonds is 14. The summed E-state index contributed by atoms with van der Waals surface area (Å²) in [5, 5.41) is 4.41. The standard InChI is InChI=1S/C24H38BrN3O4.C12H9Cl2N.2ClH/c1-4-27(11-13-31-18(3)29)12-14-32-24(30)19-15-20(23(26)22(25)16-19)17-28(5-2)21-9-7-6-8-10-21;13-10-7-4-8-11(14)12(10)15-9-5-2-1-3-6-9;;/h15-16,21H,4-14,17,26H2,1-3H3;1-8,15H;2*1H. The minimum Gasteiger partial charge on any atom is -0.465 e. The Bertz CT molecular complexity index is 1410. The average molecular weight is 824 g/mol. The van der Waals surface area contributed by atoms with Gasteiger partial charge in [-0.1, -0.05) is 80.6 Å². The number of nitrogens with two attached hydrogens (primary N) is 1. The molecule has 0 unspecified atom stereocenters. The zero-order chi connectivity index (χ0) is 34.2. The summed E-state index contributed by atoms with van der Waals surface area (Å²) in [5.41, 5.74) is 10.2. The summed E-state index contributed by atoms with van der Waals surface area (Å²) in [5.74, 6) is -0.647. The van der Waals surface area contributed by atoms with Gasteiger partial charge in [0, 0.05) is 42.8 Å². The summed E-state index contributed by atoms with van der Waals surface area (Å²) in [6.07, 6.45) is 6.33. The number of nitrogens with zero attached hydrogens (tertiary/aromatic N) is 2. The Morgan fingerprint density at radius 3 is 2.08 bits per heavy atom. The number of ether oxygens (including phenoxy) is 2. The molecule has 0 atom stereocenters. The third kappa shape index (κ3) is 15.3. The van der Waals surface area contributed by atoms with Crippen LogP contribution in [0.5, 0.6) is 0 Å². The molecule has 0 amide bonds. The van der Waals surface area contributed by atoms with E-state index in [2.05, 4.69) is 38.0 Å². The number of likely N-dealkylation sites (N-methyl/N-ethyl adjacent to an activating group) is 1. The van der Waals surface area contributed by atoms with E-state index in [0.717, 1.165) is 41.0 Å². The number of anilines is 3. The van der Waals surface area contributed by atoms with Crippen LogP contribution < -0.4 is 11.1 Å². The van der Waals surface area contributed by atoms with Gasteiger partial charge in [0.25, 0.3) is 0 Å². The lowest BCUT2D eigenvalue weighted by atomic mass is 9.93. The van der Waals surface area contributed by atoms with Crippen molar-refractivity contribution in [2.24, 2.45) is 0 Å². The van der Waals surface area contributed by atoms with Gasteiger partial charge in [-0.2, -0.15) is 0 Å². The van der Waals surface area contributed by atoms with E-state index in [-0.39, 0.29) is 43.4 Å². The summed E-state index contributed by atoms with van der Waals surface area (Å²) in [7, 11) is 0. The summed E-state index contributed by atoms with van der Waals surface area (Å²) >= 11 is 15.6. The highest BCUT2D eigenvalue weighted by Crippen LogP contribution is 2.32. The van der Waals surface area contributed by atoms with Crippen LogP contribution in [0.3, 0.4) is 0 Å². The summed E-state index contributed by atoms with van der Waals surface area (Å²) in [6.45, 7) is 9.85. The zero-order valence-corrected chi connectivity index (χ0v) is 33.1. The number of halogens is 5. The molecule has 3 N–H and O–H groups in total. The third-order valence-corrected chi connectivity index (χ3v) is 9.41. The van der Waals surface area contributed by atoms with E-state index < -0.39 is 0 Å². The van der Waals surface area contributed by atoms with Crippen molar-refractivity contribution in [3.05, 3.63) is 86.3 Å². The lowest BCUT2D eigenvalue weighted by Gasteiger charge is -2.34. The van der Waals surface area contributed by atoms with Crippen LogP contribution in [0.2, 0.25) is 10.0 Å². The van der Waals surface area contributed by atoms with Crippen molar-refractivity contribution in [1.29, 1.82) is 0 Å². The molecule has 49 heavy (non-hydrogen) atoms. The molecule has 0 aromatic heterocycles. The highest BCUT2D eigenvalue weighted by Gasteiger charge is 2.22. The molecule has 0 aliphatic heterocycles. The molecular weight excluding hydrogens is 774 g/mol. The fourth-order valence-electron chi connectivity index (χ4n) is 5.47. The highest BCUT2D eigenvalue weighted by atomic mass is 79.9. The second-order valence-corrected chi connectivity index (χ2v) is 13.1. The van der Waals surface area contributed by atoms with Crippen molar-refractivity contribution in [3.8, 4) is 0 Å². The van der Waals surface area contributed by atoms with E-state index in [1.54, 1.807) is 18.2 Å². The quantitative estimate of drug-likeness (QED) is 0.123. The second kappa shape index (κ2) is 24.0. The van der Waals surface area contributed by atoms with Gasteiger partial charge in [0.15, 0.2) is 0 Å². The smallest absolute Gasteiger partial charge is 0.338 e. The van der Waals surface area contributed by atoms with Crippen LogP contribution in [0, 0.1) is 0 Å². The Labute approximate surface area is 322 Å². The Kier molecular flexibility index (Phi) is 22.0. The molecule has 8 nitrogen and oxygen atoms in total. The lowest BCUT2D eigenvalue weighted by molar-refractivity contribution is -0.141. The number of esters is 2. The number of benzene rings is 3. The topological polar surface area (TPSA) is 97.1 Å². The maximum absolute atomic E-state index is 12.7. The Morgan fingerprint density at radius 1 is 0.898 bits per heavy atom. The molecule has 0 saturated heterocycles. The van der Waals surface area contributed by atoms with E-state index in [4.69, 9.17) is 38.4 Å². The van der Waals surface area contributed by atoms with Crippen LogP contribution in [0.1, 0.15) is 68.8 Å². The molecule has 13 heteroatoms. The van der Waals surface area contributed by atoms with Gasteiger partial charge in [-0.15, -0.1) is 24.8 Å². The number of carbonyl (C=O) groups is 2. The molecule has 272 valence electrons. The predicted octanol–water partition coefficient (Wildman–Crippen LogP) is 9.81. The molecule has 0 heterocycles. The first kappa shape index (κ1) is 44.8. The van der Waals surface area contributed by atoms with Crippen LogP contribution in [-0.4, -0.2) is 67.2 Å². The van der Waals surface area contributed by atoms with E-state index in [1.165, 1.54) is 39.0 Å². The van der Waals surface area contributed by atoms with Gasteiger partial charge in [0.2, 0.25) is 0 Å². The number of carbonyl (C=O) groups excluding carboxylic acids is 2. The van der Waals surface area contributed by atoms with Crippen LogP contribution in [0.25, 0.3) is 0 Å². The Hall–Kier alpha value is -2.24. The summed E-state index contributed by atoms with van der Waals surface area (Å²) in [4.78, 5) is 28.1. The molecule has 1 aliphatic carbocycles. The van der Waals surface area contributed by atoms with E-state index >= 15 is 0 Å². The maximum Gasteiger partial charge on any atom is 0.338 e. The largest absolute Gasteiger partial charge is 0.465 e. The van der Waals surface area contributed by atoms with Crippen molar-refractivity contribution < 1.29 is 19.1 Å². The van der Waals surface area contributed by atoms with Gasteiger partial charge in [0.1, 0.15) is 13.2 Å². The maximum atomic E-state index is 12.7. The predicted molar refractivity (Wildman–Crippen MR) is 211 cm³/mol. The summed E-state index contributed by atoms with van der Waals surface area (Å²) < 4.78 is 11.2. The van der Waals surface area contributed by atoms with Gasteiger partial charge in [-0.25, -0.2) is 4.79 Å². The zero-order valence-electron chi connectivity index (χ0n) is 28.4. The highest BCUT2D eigenvalue weighted by molar-refractivity contribution is 9.10. The molecule has 3 aromatic rings. The van der Waals surface area contributed by atoms with Crippen molar-refractivity contribution in [1.82, 2.24) is 9.80 Å². The minimum absolute atomic E-state index is 0. The monoisotopic (exact) mass is 820 g/mol. The molecule has 1 fully saturated rings. The van der Waals surface area contributed by atoms with Crippen LogP contribution >= 0.6 is 63.9 Å². The van der Waals surface area contributed by atoms with Gasteiger partial charge in [-0.3, -0.25) is 14.6 Å². The Morgan fingerprint density at radius 2 is 1.51 bits per heavy atom. The average Bonchev–Trinajstić information content (AvgIpc) is 3.07. The number of nitrogen functional groups attached to an aromatic ring is 1. The van der Waals surface area contributed by atoms with Crippen LogP contribution in [0.15, 0.2) is 65.1 Å². The molecule has 0 spiro atoms.